The van der Waals surface area contributed by atoms with Crippen molar-refractivity contribution in [2.24, 2.45) is 0 Å². The van der Waals surface area contributed by atoms with Crippen molar-refractivity contribution in [3.63, 3.8) is 0 Å². The molecule has 0 bridgehead atoms. The molecule has 10 heteroatoms. The van der Waals surface area contributed by atoms with E-state index in [9.17, 15) is 0 Å². The minimum atomic E-state index is 0.611. The number of hydrogen-bond acceptors (Lipinski definition) is 10. The van der Waals surface area contributed by atoms with Gasteiger partial charge in [-0.15, -0.1) is 22.7 Å². The van der Waals surface area contributed by atoms with Crippen molar-refractivity contribution in [2.75, 3.05) is 13.2 Å². The first-order valence-electron chi connectivity index (χ1n) is 35.4. The smallest absolute Gasteiger partial charge is 0.136 e. The van der Waals surface area contributed by atoms with E-state index in [1.807, 2.05) is 72.8 Å². The van der Waals surface area contributed by atoms with Crippen LogP contribution in [0.15, 0.2) is 207 Å². The molecule has 0 spiro atoms. The van der Waals surface area contributed by atoms with Crippen molar-refractivity contribution in [3.8, 4) is 103 Å². The summed E-state index contributed by atoms with van der Waals surface area (Å²) >= 11 is 3.35. The van der Waals surface area contributed by atoms with Gasteiger partial charge in [-0.1, -0.05) is 238 Å². The van der Waals surface area contributed by atoms with Crippen LogP contribution in [-0.4, -0.2) is 43.1 Å². The quantitative estimate of drug-likeness (QED) is 0.0291. The summed E-state index contributed by atoms with van der Waals surface area (Å²) in [5.41, 5.74) is 14.6. The van der Waals surface area contributed by atoms with Gasteiger partial charge in [0.2, 0.25) is 0 Å². The van der Waals surface area contributed by atoms with E-state index in [4.69, 9.17) is 19.4 Å². The number of aromatic nitrogens is 6. The molecule has 0 saturated carbocycles. The monoisotopic (exact) mass is 1320 g/mol. The third-order valence-corrected chi connectivity index (χ3v) is 19.1. The third-order valence-electron chi connectivity index (χ3n) is 17.2. The number of nitrogens with zero attached hydrogens (tertiary/aromatic N) is 6. The summed E-state index contributed by atoms with van der Waals surface area (Å²) in [7, 11) is 0. The Balaban J connectivity index is 0.806. The minimum absolute atomic E-state index is 0.611. The van der Waals surface area contributed by atoms with Crippen LogP contribution in [0.1, 0.15) is 184 Å². The summed E-state index contributed by atoms with van der Waals surface area (Å²) in [5.74, 6) is 15.6. The van der Waals surface area contributed by atoms with Crippen LogP contribution in [0.25, 0.3) is 92.1 Å². The molecule has 0 unspecified atom stereocenters. The number of pyridine rings is 6. The van der Waals surface area contributed by atoms with Crippen LogP contribution in [0.3, 0.4) is 0 Å². The summed E-state index contributed by atoms with van der Waals surface area (Å²) in [6.45, 7) is 5.79. The minimum Gasteiger partial charge on any atom is -0.492 e. The fourth-order valence-electron chi connectivity index (χ4n) is 11.7. The van der Waals surface area contributed by atoms with Gasteiger partial charge in [0.05, 0.1) is 79.6 Å². The van der Waals surface area contributed by atoms with Gasteiger partial charge in [-0.05, 0) is 155 Å². The lowest BCUT2D eigenvalue weighted by Crippen LogP contribution is -2.03. The number of unbranched alkanes of at least 4 members (excludes halogenated alkanes) is 18. The number of hydrogen-bond donors (Lipinski definition) is 0. The molecular formula is C88H88N6O2S2. The third kappa shape index (κ3) is 21.6. The van der Waals surface area contributed by atoms with Crippen LogP contribution in [-0.2, 0) is 0 Å². The van der Waals surface area contributed by atoms with E-state index in [2.05, 4.69) is 191 Å². The van der Waals surface area contributed by atoms with Gasteiger partial charge >= 0.3 is 0 Å². The van der Waals surface area contributed by atoms with Crippen molar-refractivity contribution in [1.82, 2.24) is 29.9 Å². The van der Waals surface area contributed by atoms with Gasteiger partial charge < -0.3 is 9.47 Å². The summed E-state index contributed by atoms with van der Waals surface area (Å²) in [4.78, 5) is 32.5. The molecule has 494 valence electrons. The van der Waals surface area contributed by atoms with Gasteiger partial charge in [0, 0.05) is 46.7 Å². The predicted octanol–water partition coefficient (Wildman–Crippen LogP) is 23.9. The Morgan fingerprint density at radius 3 is 0.949 bits per heavy atom. The van der Waals surface area contributed by atoms with Crippen LogP contribution in [0, 0.1) is 23.7 Å². The zero-order valence-electron chi connectivity index (χ0n) is 56.8. The number of rotatable bonds is 34. The Morgan fingerprint density at radius 1 is 0.306 bits per heavy atom. The Bertz CT molecular complexity index is 4030. The molecule has 11 aromatic rings. The van der Waals surface area contributed by atoms with E-state index in [1.165, 1.54) is 103 Å². The Labute approximate surface area is 589 Å². The maximum Gasteiger partial charge on any atom is 0.136 e. The molecule has 8 heterocycles. The molecule has 8 aromatic heterocycles. The van der Waals surface area contributed by atoms with Gasteiger partial charge in [-0.3, -0.25) is 19.9 Å². The highest BCUT2D eigenvalue weighted by atomic mass is 32.1. The second-order valence-electron chi connectivity index (χ2n) is 24.8. The molecule has 0 radical (unpaired) electrons. The number of thiophene rings is 2. The Kier molecular flexibility index (Phi) is 27.1. The van der Waals surface area contributed by atoms with Crippen molar-refractivity contribution in [3.05, 3.63) is 249 Å². The van der Waals surface area contributed by atoms with Crippen LogP contribution in [0.4, 0.5) is 0 Å². The van der Waals surface area contributed by atoms with Gasteiger partial charge in [0.25, 0.3) is 0 Å². The van der Waals surface area contributed by atoms with Gasteiger partial charge in [0.1, 0.15) is 11.5 Å². The molecule has 11 rings (SSSR count). The van der Waals surface area contributed by atoms with Gasteiger partial charge in [0.15, 0.2) is 0 Å². The van der Waals surface area contributed by atoms with Crippen molar-refractivity contribution in [2.45, 2.75) is 142 Å². The lowest BCUT2D eigenvalue weighted by Gasteiger charge is -2.14. The zero-order chi connectivity index (χ0) is 67.0. The second-order valence-corrected chi connectivity index (χ2v) is 27.1. The Hall–Kier alpha value is -9.84. The number of benzene rings is 3. The van der Waals surface area contributed by atoms with E-state index < -0.39 is 0 Å². The normalized spacial score (nSPS) is 11.2. The average Bonchev–Trinajstić information content (AvgIpc) is 1.39. The summed E-state index contributed by atoms with van der Waals surface area (Å²) < 4.78 is 13.5. The van der Waals surface area contributed by atoms with Crippen LogP contribution in [0.5, 0.6) is 11.5 Å². The SMILES string of the molecule is CCCCCCCCCCCCOc1cc(C#Cc2ccc(/C=C/c3ccc(-c4cc(-c5ccccn5)nc(-c5ccccn5)c4)cc3)s2)c(OCCCCCCCCCCCC)cc1C#Cc1ccc(/C=C/c2ccc(-c3cc(-c4ccccn4)nc(-c4ccccn4)c3)cc2)s1. The molecule has 0 aliphatic rings. The van der Waals surface area contributed by atoms with Crippen molar-refractivity contribution in [1.29, 1.82) is 0 Å². The summed E-state index contributed by atoms with van der Waals surface area (Å²) in [5, 5.41) is 0. The predicted molar refractivity (Wildman–Crippen MR) is 412 cm³/mol. The van der Waals surface area contributed by atoms with Crippen LogP contribution >= 0.6 is 22.7 Å². The topological polar surface area (TPSA) is 95.8 Å². The molecule has 0 saturated heterocycles. The molecule has 0 aliphatic carbocycles. The molecular weight excluding hydrogens is 1240 g/mol. The molecule has 3 aromatic carbocycles. The number of ether oxygens (including phenoxy) is 2. The van der Waals surface area contributed by atoms with E-state index in [0.717, 1.165) is 147 Å². The molecule has 0 N–H and O–H groups in total. The fraction of sp³-hybridized carbons (Fsp3) is 0.273. The van der Waals surface area contributed by atoms with E-state index in [1.54, 1.807) is 47.5 Å². The van der Waals surface area contributed by atoms with Crippen LogP contribution in [0.2, 0.25) is 0 Å². The van der Waals surface area contributed by atoms with E-state index in [-0.39, 0.29) is 0 Å². The first-order chi connectivity index (χ1) is 48.5. The van der Waals surface area contributed by atoms with Gasteiger partial charge in [-0.2, -0.15) is 0 Å². The zero-order valence-corrected chi connectivity index (χ0v) is 58.4. The van der Waals surface area contributed by atoms with Gasteiger partial charge in [-0.25, -0.2) is 9.97 Å². The fourth-order valence-corrected chi connectivity index (χ4v) is 13.2. The van der Waals surface area contributed by atoms with Crippen molar-refractivity contribution >= 4 is 47.0 Å². The molecule has 0 amide bonds. The summed E-state index contributed by atoms with van der Waals surface area (Å²) in [6.07, 6.45) is 41.0. The highest BCUT2D eigenvalue weighted by molar-refractivity contribution is 7.13. The van der Waals surface area contributed by atoms with Crippen LogP contribution < -0.4 is 9.47 Å². The lowest BCUT2D eigenvalue weighted by atomic mass is 10.0. The first kappa shape index (κ1) is 69.5. The average molecular weight is 1330 g/mol. The molecule has 8 nitrogen and oxygen atoms in total. The van der Waals surface area contributed by atoms with Crippen molar-refractivity contribution < 1.29 is 9.47 Å². The standard InChI is InChI=1S/C88H88N6O2S2/c1-3-5-7-9-11-13-15-17-19-29-59-95-87-65-72(46-50-78-54-52-76(98-78)48-40-68-37-43-70(44-38-68)74-63-85(81-33-23-27-57-91-81)94-86(64-74)82-34-24-28-58-92-82)88(96-60-30-20-18-16-14-12-10-8-6-4-2)66-71(87)45-49-77-53-51-75(97-77)47-39-67-35-41-69(42-36-67)73-61-83(79-31-21-25-55-89-79)93-84(62-73)80-32-22-26-56-90-80/h21-28,31-44,47-48,51-58,61-66H,3-20,29-30,59-60H2,1-2H3/b47-39+,48-40+. The molecule has 0 atom stereocenters. The second kappa shape index (κ2) is 38.2. The largest absolute Gasteiger partial charge is 0.492 e. The highest BCUT2D eigenvalue weighted by Gasteiger charge is 2.15. The molecule has 98 heavy (non-hydrogen) atoms. The first-order valence-corrected chi connectivity index (χ1v) is 37.1. The molecule has 0 aliphatic heterocycles. The Morgan fingerprint density at radius 2 is 0.633 bits per heavy atom. The summed E-state index contributed by atoms with van der Waals surface area (Å²) in [6, 6.07) is 61.9. The van der Waals surface area contributed by atoms with E-state index >= 15 is 0 Å². The highest BCUT2D eigenvalue weighted by Crippen LogP contribution is 2.34. The molecule has 0 fully saturated rings. The van der Waals surface area contributed by atoms with E-state index in [0.29, 0.717) is 13.2 Å². The maximum absolute atomic E-state index is 6.74. The maximum atomic E-state index is 6.74. The lowest BCUT2D eigenvalue weighted by molar-refractivity contribution is 0.295.